The van der Waals surface area contributed by atoms with Crippen molar-refractivity contribution in [1.29, 1.82) is 0 Å². The molecule has 1 rings (SSSR count). The van der Waals surface area contributed by atoms with E-state index in [9.17, 15) is 10.1 Å². The molecule has 1 aromatic heterocycles. The summed E-state index contributed by atoms with van der Waals surface area (Å²) in [6, 6.07) is 2.72. The Labute approximate surface area is 104 Å². The predicted molar refractivity (Wildman–Crippen MR) is 65.4 cm³/mol. The first-order chi connectivity index (χ1) is 8.04. The highest BCUT2D eigenvalue weighted by atomic mass is 35.5. The Morgan fingerprint density at radius 1 is 1.65 bits per heavy atom. The first-order valence-corrected chi connectivity index (χ1v) is 5.46. The van der Waals surface area contributed by atoms with Crippen LogP contribution in [0.15, 0.2) is 12.1 Å². The zero-order valence-corrected chi connectivity index (χ0v) is 10.4. The van der Waals surface area contributed by atoms with Crippen molar-refractivity contribution in [2.45, 2.75) is 6.92 Å². The van der Waals surface area contributed by atoms with E-state index in [0.717, 1.165) is 0 Å². The van der Waals surface area contributed by atoms with Gasteiger partial charge >= 0.3 is 5.69 Å². The average molecular weight is 260 g/mol. The summed E-state index contributed by atoms with van der Waals surface area (Å²) < 4.78 is 4.97. The molecule has 1 heterocycles. The van der Waals surface area contributed by atoms with E-state index in [0.29, 0.717) is 13.2 Å². The lowest BCUT2D eigenvalue weighted by Gasteiger charge is -2.11. The lowest BCUT2D eigenvalue weighted by molar-refractivity contribution is -0.384. The molecule has 0 aliphatic rings. The average Bonchev–Trinajstić information content (AvgIpc) is 2.26. The molecular weight excluding hydrogens is 246 g/mol. The van der Waals surface area contributed by atoms with E-state index in [1.807, 2.05) is 6.92 Å². The molecule has 1 aromatic rings. The summed E-state index contributed by atoms with van der Waals surface area (Å²) in [5, 5.41) is 13.9. The third-order valence-electron chi connectivity index (χ3n) is 2.11. The van der Waals surface area contributed by atoms with Gasteiger partial charge in [0.25, 0.3) is 0 Å². The molecule has 0 bridgehead atoms. The standard InChI is InChI=1S/C10H14ClN3O3/c1-7(6-17-2)5-12-10-8(14(15)16)3-4-9(11)13-10/h3-4,7H,5-6H2,1-2H3,(H,12,13). The summed E-state index contributed by atoms with van der Waals surface area (Å²) in [6.07, 6.45) is 0. The van der Waals surface area contributed by atoms with Crippen LogP contribution in [0.25, 0.3) is 0 Å². The van der Waals surface area contributed by atoms with Gasteiger partial charge in [-0.25, -0.2) is 4.98 Å². The lowest BCUT2D eigenvalue weighted by atomic mass is 10.2. The van der Waals surface area contributed by atoms with Crippen LogP contribution in [-0.2, 0) is 4.74 Å². The van der Waals surface area contributed by atoms with Gasteiger partial charge in [0.05, 0.1) is 11.5 Å². The minimum Gasteiger partial charge on any atom is -0.384 e. The Kier molecular flexibility index (Phi) is 5.11. The molecule has 0 saturated carbocycles. The fourth-order valence-electron chi connectivity index (χ4n) is 1.32. The van der Waals surface area contributed by atoms with E-state index in [1.165, 1.54) is 12.1 Å². The second-order valence-electron chi connectivity index (χ2n) is 3.70. The highest BCUT2D eigenvalue weighted by Gasteiger charge is 2.16. The number of ether oxygens (including phenoxy) is 1. The van der Waals surface area contributed by atoms with Crippen LogP contribution in [0, 0.1) is 16.0 Å². The van der Waals surface area contributed by atoms with Crippen LogP contribution in [-0.4, -0.2) is 30.2 Å². The molecule has 0 aliphatic heterocycles. The van der Waals surface area contributed by atoms with Gasteiger partial charge in [-0.05, 0) is 12.0 Å². The minimum atomic E-state index is -0.493. The minimum absolute atomic E-state index is 0.0842. The largest absolute Gasteiger partial charge is 0.384 e. The summed E-state index contributed by atoms with van der Waals surface area (Å²) in [4.78, 5) is 14.2. The van der Waals surface area contributed by atoms with Gasteiger partial charge in [0.2, 0.25) is 5.82 Å². The van der Waals surface area contributed by atoms with Gasteiger partial charge in [-0.1, -0.05) is 18.5 Å². The number of methoxy groups -OCH3 is 1. The number of rotatable bonds is 6. The maximum atomic E-state index is 10.8. The van der Waals surface area contributed by atoms with Gasteiger partial charge in [-0.15, -0.1) is 0 Å². The number of hydrogen-bond donors (Lipinski definition) is 1. The smallest absolute Gasteiger partial charge is 0.311 e. The van der Waals surface area contributed by atoms with Crippen LogP contribution >= 0.6 is 11.6 Å². The lowest BCUT2D eigenvalue weighted by Crippen LogP contribution is -2.17. The molecule has 0 aliphatic carbocycles. The summed E-state index contributed by atoms with van der Waals surface area (Å²) in [5.74, 6) is 0.408. The van der Waals surface area contributed by atoms with Gasteiger partial charge in [0, 0.05) is 19.7 Å². The van der Waals surface area contributed by atoms with Crippen molar-refractivity contribution in [2.24, 2.45) is 5.92 Å². The van der Waals surface area contributed by atoms with Gasteiger partial charge in [0.1, 0.15) is 5.15 Å². The van der Waals surface area contributed by atoms with Crippen LogP contribution in [0.1, 0.15) is 6.92 Å². The van der Waals surface area contributed by atoms with E-state index < -0.39 is 4.92 Å². The highest BCUT2D eigenvalue weighted by Crippen LogP contribution is 2.23. The molecule has 0 saturated heterocycles. The van der Waals surface area contributed by atoms with Crippen LogP contribution in [0.3, 0.4) is 0 Å². The predicted octanol–water partition coefficient (Wildman–Crippen LogP) is 2.34. The molecule has 0 aromatic carbocycles. The fraction of sp³-hybridized carbons (Fsp3) is 0.500. The maximum absolute atomic E-state index is 10.8. The van der Waals surface area contributed by atoms with Gasteiger partial charge in [-0.2, -0.15) is 0 Å². The summed E-state index contributed by atoms with van der Waals surface area (Å²) in [6.45, 7) is 3.07. The van der Waals surface area contributed by atoms with Crippen LogP contribution < -0.4 is 5.32 Å². The van der Waals surface area contributed by atoms with Crippen molar-refractivity contribution < 1.29 is 9.66 Å². The second-order valence-corrected chi connectivity index (χ2v) is 4.09. The number of aromatic nitrogens is 1. The molecule has 0 spiro atoms. The molecule has 6 nitrogen and oxygen atoms in total. The Bertz CT molecular complexity index is 400. The molecule has 94 valence electrons. The number of hydrogen-bond acceptors (Lipinski definition) is 5. The van der Waals surface area contributed by atoms with Crippen molar-refractivity contribution in [3.8, 4) is 0 Å². The Balaban J connectivity index is 2.75. The van der Waals surface area contributed by atoms with Crippen molar-refractivity contribution in [3.05, 3.63) is 27.4 Å². The van der Waals surface area contributed by atoms with Crippen LogP contribution in [0.4, 0.5) is 11.5 Å². The van der Waals surface area contributed by atoms with E-state index in [-0.39, 0.29) is 22.6 Å². The number of nitrogens with one attached hydrogen (secondary N) is 1. The first-order valence-electron chi connectivity index (χ1n) is 5.08. The fourth-order valence-corrected chi connectivity index (χ4v) is 1.47. The summed E-state index contributed by atoms with van der Waals surface area (Å²) in [5.41, 5.74) is -0.0842. The topological polar surface area (TPSA) is 77.3 Å². The van der Waals surface area contributed by atoms with Gasteiger partial charge in [-0.3, -0.25) is 10.1 Å². The third-order valence-corrected chi connectivity index (χ3v) is 2.32. The zero-order valence-electron chi connectivity index (χ0n) is 9.64. The summed E-state index contributed by atoms with van der Waals surface area (Å²) in [7, 11) is 1.61. The van der Waals surface area contributed by atoms with Crippen LogP contribution in [0.2, 0.25) is 5.15 Å². The molecule has 1 N–H and O–H groups in total. The SMILES string of the molecule is COCC(C)CNc1nc(Cl)ccc1[N+](=O)[O-]. The molecule has 17 heavy (non-hydrogen) atoms. The number of nitro groups is 1. The van der Waals surface area contributed by atoms with Gasteiger partial charge < -0.3 is 10.1 Å². The quantitative estimate of drug-likeness (QED) is 0.482. The number of pyridine rings is 1. The van der Waals surface area contributed by atoms with E-state index in [4.69, 9.17) is 16.3 Å². The molecule has 0 fully saturated rings. The molecule has 0 radical (unpaired) electrons. The zero-order chi connectivity index (χ0) is 12.8. The van der Waals surface area contributed by atoms with Crippen molar-refractivity contribution in [2.75, 3.05) is 25.6 Å². The summed E-state index contributed by atoms with van der Waals surface area (Å²) >= 11 is 5.70. The number of anilines is 1. The van der Waals surface area contributed by atoms with Gasteiger partial charge in [0.15, 0.2) is 0 Å². The number of nitrogens with zero attached hydrogens (tertiary/aromatic N) is 2. The Morgan fingerprint density at radius 3 is 2.94 bits per heavy atom. The van der Waals surface area contributed by atoms with E-state index >= 15 is 0 Å². The van der Waals surface area contributed by atoms with Crippen molar-refractivity contribution in [1.82, 2.24) is 4.98 Å². The van der Waals surface area contributed by atoms with Crippen LogP contribution in [0.5, 0.6) is 0 Å². The Morgan fingerprint density at radius 2 is 2.35 bits per heavy atom. The molecule has 0 amide bonds. The van der Waals surface area contributed by atoms with Crippen molar-refractivity contribution >= 4 is 23.1 Å². The molecule has 1 unspecified atom stereocenters. The highest BCUT2D eigenvalue weighted by molar-refractivity contribution is 6.29. The molecular formula is C10H14ClN3O3. The molecule has 1 atom stereocenters. The van der Waals surface area contributed by atoms with E-state index in [2.05, 4.69) is 10.3 Å². The number of halogens is 1. The first kappa shape index (κ1) is 13.7. The third kappa shape index (κ3) is 4.16. The Hall–Kier alpha value is -1.40. The van der Waals surface area contributed by atoms with E-state index in [1.54, 1.807) is 7.11 Å². The van der Waals surface area contributed by atoms with Crippen molar-refractivity contribution in [3.63, 3.8) is 0 Å². The monoisotopic (exact) mass is 259 g/mol. The molecule has 7 heteroatoms. The maximum Gasteiger partial charge on any atom is 0.311 e. The normalized spacial score (nSPS) is 12.2. The second kappa shape index (κ2) is 6.36.